The fraction of sp³-hybridized carbons (Fsp3) is 0.391. The summed E-state index contributed by atoms with van der Waals surface area (Å²) in [6.45, 7) is 3.38. The van der Waals surface area contributed by atoms with Crippen LogP contribution in [-0.4, -0.2) is 51.3 Å². The predicted octanol–water partition coefficient (Wildman–Crippen LogP) is 4.22. The van der Waals surface area contributed by atoms with Gasteiger partial charge in [0, 0.05) is 32.0 Å². The lowest BCUT2D eigenvalue weighted by Gasteiger charge is -2.42. The van der Waals surface area contributed by atoms with Gasteiger partial charge in [-0.15, -0.1) is 0 Å². The molecule has 2 aliphatic rings. The van der Waals surface area contributed by atoms with Crippen molar-refractivity contribution in [1.82, 2.24) is 0 Å². The SMILES string of the molecule is CC(=O)N1c2ccc(-c3ccc(NS(C)(=O)=O)cc3)cc2N(C(=O)OC2CC(F)(F)C2)C[C@@H]1C. The van der Waals surface area contributed by atoms with Gasteiger partial charge in [-0.2, -0.15) is 0 Å². The minimum Gasteiger partial charge on any atom is -0.445 e. The summed E-state index contributed by atoms with van der Waals surface area (Å²) in [6.07, 6.45) is -1.51. The number of anilines is 3. The topological polar surface area (TPSA) is 96.0 Å². The number of ether oxygens (including phenoxy) is 1. The molecule has 2 aromatic rings. The molecule has 0 spiro atoms. The molecule has 1 aliphatic carbocycles. The van der Waals surface area contributed by atoms with Crippen LogP contribution in [0.2, 0.25) is 0 Å². The second-order valence-electron chi connectivity index (χ2n) is 8.77. The van der Waals surface area contributed by atoms with Gasteiger partial charge in [-0.3, -0.25) is 14.4 Å². The second kappa shape index (κ2) is 8.53. The van der Waals surface area contributed by atoms with Gasteiger partial charge in [0.25, 0.3) is 5.92 Å². The van der Waals surface area contributed by atoms with Crippen molar-refractivity contribution in [3.05, 3.63) is 42.5 Å². The van der Waals surface area contributed by atoms with Gasteiger partial charge in [0.1, 0.15) is 6.10 Å². The van der Waals surface area contributed by atoms with E-state index in [1.807, 2.05) is 0 Å². The number of nitrogens with zero attached hydrogens (tertiary/aromatic N) is 2. The quantitative estimate of drug-likeness (QED) is 0.688. The van der Waals surface area contributed by atoms with E-state index in [1.54, 1.807) is 54.3 Å². The smallest absolute Gasteiger partial charge is 0.414 e. The average Bonchev–Trinajstić information content (AvgIpc) is 2.70. The summed E-state index contributed by atoms with van der Waals surface area (Å²) in [5, 5.41) is 0. The first-order valence-electron chi connectivity index (χ1n) is 10.7. The maximum absolute atomic E-state index is 13.2. The van der Waals surface area contributed by atoms with Gasteiger partial charge in [-0.1, -0.05) is 18.2 Å². The molecule has 0 bridgehead atoms. The molecule has 0 saturated heterocycles. The molecular weight excluding hydrogens is 468 g/mol. The molecule has 11 heteroatoms. The number of alkyl halides is 2. The number of carbonyl (C=O) groups excluding carboxylic acids is 2. The van der Waals surface area contributed by atoms with E-state index in [0.717, 1.165) is 17.4 Å². The molecule has 1 N–H and O–H groups in total. The van der Waals surface area contributed by atoms with Crippen LogP contribution in [0.3, 0.4) is 0 Å². The van der Waals surface area contributed by atoms with Crippen LogP contribution in [0.25, 0.3) is 11.1 Å². The zero-order chi connectivity index (χ0) is 24.8. The first-order chi connectivity index (χ1) is 15.8. The molecule has 34 heavy (non-hydrogen) atoms. The number of hydrogen-bond acceptors (Lipinski definition) is 5. The molecule has 182 valence electrons. The lowest BCUT2D eigenvalue weighted by Crippen LogP contribution is -2.53. The Labute approximate surface area is 196 Å². The van der Waals surface area contributed by atoms with Crippen molar-refractivity contribution >= 4 is 39.1 Å². The third kappa shape index (κ3) is 4.98. The molecule has 0 radical (unpaired) electrons. The number of fused-ring (bicyclic) bond motifs is 1. The van der Waals surface area contributed by atoms with Crippen molar-refractivity contribution in [2.45, 2.75) is 44.8 Å². The van der Waals surface area contributed by atoms with Crippen LogP contribution in [0.4, 0.5) is 30.6 Å². The molecule has 1 aliphatic heterocycles. The van der Waals surface area contributed by atoms with Crippen LogP contribution >= 0.6 is 0 Å². The molecule has 0 aromatic heterocycles. The molecule has 4 rings (SSSR count). The summed E-state index contributed by atoms with van der Waals surface area (Å²) in [6, 6.07) is 11.6. The van der Waals surface area contributed by atoms with Gasteiger partial charge >= 0.3 is 6.09 Å². The summed E-state index contributed by atoms with van der Waals surface area (Å²) < 4.78 is 57.0. The molecule has 1 atom stereocenters. The minimum atomic E-state index is -3.41. The van der Waals surface area contributed by atoms with Crippen LogP contribution < -0.4 is 14.5 Å². The Morgan fingerprint density at radius 2 is 1.68 bits per heavy atom. The number of amides is 2. The Morgan fingerprint density at radius 1 is 1.06 bits per heavy atom. The van der Waals surface area contributed by atoms with Gasteiger partial charge in [-0.05, 0) is 42.3 Å². The first kappa shape index (κ1) is 23.9. The van der Waals surface area contributed by atoms with Gasteiger partial charge < -0.3 is 9.64 Å². The normalized spacial score (nSPS) is 19.7. The highest BCUT2D eigenvalue weighted by atomic mass is 32.2. The van der Waals surface area contributed by atoms with Gasteiger partial charge in [0.15, 0.2) is 0 Å². The van der Waals surface area contributed by atoms with E-state index in [1.165, 1.54) is 11.8 Å². The fourth-order valence-electron chi connectivity index (χ4n) is 4.30. The third-order valence-electron chi connectivity index (χ3n) is 5.81. The average molecular weight is 494 g/mol. The maximum atomic E-state index is 13.2. The molecule has 2 aromatic carbocycles. The predicted molar refractivity (Wildman–Crippen MR) is 125 cm³/mol. The van der Waals surface area contributed by atoms with E-state index in [9.17, 15) is 26.8 Å². The number of benzene rings is 2. The van der Waals surface area contributed by atoms with Crippen LogP contribution in [0, 0.1) is 0 Å². The van der Waals surface area contributed by atoms with Gasteiger partial charge in [0.2, 0.25) is 15.9 Å². The van der Waals surface area contributed by atoms with Crippen LogP contribution in [0.1, 0.15) is 26.7 Å². The third-order valence-corrected chi connectivity index (χ3v) is 6.42. The molecule has 2 amide bonds. The van der Waals surface area contributed by atoms with Gasteiger partial charge in [-0.25, -0.2) is 22.0 Å². The Balaban J connectivity index is 1.66. The van der Waals surface area contributed by atoms with E-state index in [2.05, 4.69) is 4.72 Å². The first-order valence-corrected chi connectivity index (χ1v) is 12.6. The molecule has 1 fully saturated rings. The molecule has 8 nitrogen and oxygen atoms in total. The Morgan fingerprint density at radius 3 is 2.24 bits per heavy atom. The standard InChI is InChI=1S/C23H25F2N3O5S/c1-14-13-27(22(30)33-19-11-23(24,25)12-19)21-10-17(6-9-20(21)28(14)15(2)29)16-4-7-18(8-5-16)26-34(3,31)32/h4-10,14,19,26H,11-13H2,1-3H3/t14-/m0/s1. The molecule has 1 saturated carbocycles. The van der Waals surface area contributed by atoms with Gasteiger partial charge in [0.05, 0.1) is 23.7 Å². The van der Waals surface area contributed by atoms with Crippen molar-refractivity contribution in [2.75, 3.05) is 27.3 Å². The fourth-order valence-corrected chi connectivity index (χ4v) is 4.86. The number of rotatable bonds is 4. The van der Waals surface area contributed by atoms with Crippen molar-refractivity contribution in [2.24, 2.45) is 0 Å². The highest BCUT2D eigenvalue weighted by molar-refractivity contribution is 7.92. The lowest BCUT2D eigenvalue weighted by atomic mass is 9.91. The summed E-state index contributed by atoms with van der Waals surface area (Å²) in [5.74, 6) is -3.00. The summed E-state index contributed by atoms with van der Waals surface area (Å²) in [5.41, 5.74) is 2.82. The van der Waals surface area contributed by atoms with Crippen molar-refractivity contribution < 1.29 is 31.5 Å². The molecule has 0 unspecified atom stereocenters. The molecule has 1 heterocycles. The van der Waals surface area contributed by atoms with E-state index in [4.69, 9.17) is 4.74 Å². The zero-order valence-electron chi connectivity index (χ0n) is 18.9. The van der Waals surface area contributed by atoms with E-state index in [0.29, 0.717) is 17.1 Å². The zero-order valence-corrected chi connectivity index (χ0v) is 19.7. The number of sulfonamides is 1. The number of nitrogens with one attached hydrogen (secondary N) is 1. The largest absolute Gasteiger partial charge is 0.445 e. The monoisotopic (exact) mass is 493 g/mol. The number of carbonyl (C=O) groups is 2. The lowest BCUT2D eigenvalue weighted by molar-refractivity contribution is -0.143. The van der Waals surface area contributed by atoms with Crippen molar-refractivity contribution in [3.63, 3.8) is 0 Å². The number of halogens is 2. The van der Waals surface area contributed by atoms with Crippen LogP contribution in [0.5, 0.6) is 0 Å². The summed E-state index contributed by atoms with van der Waals surface area (Å²) in [4.78, 5) is 28.2. The Hall–Kier alpha value is -3.21. The number of hydrogen-bond donors (Lipinski definition) is 1. The van der Waals surface area contributed by atoms with E-state index >= 15 is 0 Å². The maximum Gasteiger partial charge on any atom is 0.414 e. The highest BCUT2D eigenvalue weighted by Gasteiger charge is 2.48. The molecular formula is C23H25F2N3O5S. The second-order valence-corrected chi connectivity index (χ2v) is 10.5. The summed E-state index contributed by atoms with van der Waals surface area (Å²) >= 11 is 0. The van der Waals surface area contributed by atoms with Crippen molar-refractivity contribution in [3.8, 4) is 11.1 Å². The van der Waals surface area contributed by atoms with Crippen LogP contribution in [0.15, 0.2) is 42.5 Å². The summed E-state index contributed by atoms with van der Waals surface area (Å²) in [7, 11) is -3.41. The van der Waals surface area contributed by atoms with Crippen LogP contribution in [-0.2, 0) is 19.6 Å². The Bertz CT molecular complexity index is 1230. The Kier molecular flexibility index (Phi) is 6.01. The minimum absolute atomic E-state index is 0.148. The van der Waals surface area contributed by atoms with E-state index < -0.39 is 41.0 Å². The highest BCUT2D eigenvalue weighted by Crippen LogP contribution is 2.42. The van der Waals surface area contributed by atoms with Crippen molar-refractivity contribution in [1.29, 1.82) is 0 Å². The van der Waals surface area contributed by atoms with E-state index in [-0.39, 0.29) is 18.5 Å².